The molecule has 1 heterocycles. The van der Waals surface area contributed by atoms with Crippen LogP contribution in [-0.4, -0.2) is 42.7 Å². The SMILES string of the molecule is CCN1CCCC1CN(C)c1cc(C)c(F)cc1[C@H](C)O. The summed E-state index contributed by atoms with van der Waals surface area (Å²) in [6.07, 6.45) is 1.80. The fourth-order valence-corrected chi connectivity index (χ4v) is 3.28. The molecule has 1 unspecified atom stereocenters. The van der Waals surface area contributed by atoms with Crippen LogP contribution in [0.2, 0.25) is 0 Å². The molecule has 2 atom stereocenters. The predicted octanol–water partition coefficient (Wildman–Crippen LogP) is 3.11. The highest BCUT2D eigenvalue weighted by Gasteiger charge is 2.25. The monoisotopic (exact) mass is 294 g/mol. The van der Waals surface area contributed by atoms with Gasteiger partial charge in [0.2, 0.25) is 0 Å². The molecule has 0 amide bonds. The van der Waals surface area contributed by atoms with Gasteiger partial charge in [-0.3, -0.25) is 4.90 Å². The van der Waals surface area contributed by atoms with Crippen molar-refractivity contribution in [3.63, 3.8) is 0 Å². The molecule has 1 aliphatic heterocycles. The van der Waals surface area contributed by atoms with E-state index in [9.17, 15) is 9.50 Å². The molecule has 0 aliphatic carbocycles. The molecule has 3 nitrogen and oxygen atoms in total. The number of likely N-dealkylation sites (tertiary alicyclic amines) is 1. The van der Waals surface area contributed by atoms with Gasteiger partial charge in [0.05, 0.1) is 6.10 Å². The van der Waals surface area contributed by atoms with Crippen LogP contribution in [0.1, 0.15) is 43.9 Å². The van der Waals surface area contributed by atoms with Crippen molar-refractivity contribution in [3.8, 4) is 0 Å². The van der Waals surface area contributed by atoms with Crippen LogP contribution < -0.4 is 4.90 Å². The van der Waals surface area contributed by atoms with Crippen LogP contribution in [0.25, 0.3) is 0 Å². The largest absolute Gasteiger partial charge is 0.389 e. The van der Waals surface area contributed by atoms with E-state index in [1.54, 1.807) is 13.8 Å². The van der Waals surface area contributed by atoms with Crippen LogP contribution in [0.3, 0.4) is 0 Å². The Morgan fingerprint density at radius 3 is 2.81 bits per heavy atom. The first kappa shape index (κ1) is 16.2. The van der Waals surface area contributed by atoms with E-state index in [-0.39, 0.29) is 5.82 Å². The summed E-state index contributed by atoms with van der Waals surface area (Å²) in [6.45, 7) is 8.81. The third-order valence-electron chi connectivity index (χ3n) is 4.56. The second kappa shape index (κ2) is 6.75. The van der Waals surface area contributed by atoms with E-state index in [1.165, 1.54) is 25.5 Å². The van der Waals surface area contributed by atoms with Gasteiger partial charge in [0.25, 0.3) is 0 Å². The van der Waals surface area contributed by atoms with Crippen molar-refractivity contribution in [3.05, 3.63) is 29.1 Å². The zero-order valence-electron chi connectivity index (χ0n) is 13.6. The molecule has 1 N–H and O–H groups in total. The third-order valence-corrected chi connectivity index (χ3v) is 4.56. The van der Waals surface area contributed by atoms with Crippen molar-refractivity contribution >= 4 is 5.69 Å². The zero-order valence-corrected chi connectivity index (χ0v) is 13.6. The summed E-state index contributed by atoms with van der Waals surface area (Å²) in [6, 6.07) is 3.87. The summed E-state index contributed by atoms with van der Waals surface area (Å²) in [5, 5.41) is 9.92. The normalized spacial score (nSPS) is 20.8. The first-order valence-electron chi connectivity index (χ1n) is 7.87. The summed E-state index contributed by atoms with van der Waals surface area (Å²) >= 11 is 0. The molecule has 0 saturated carbocycles. The van der Waals surface area contributed by atoms with E-state index in [0.29, 0.717) is 17.2 Å². The van der Waals surface area contributed by atoms with Crippen molar-refractivity contribution in [2.24, 2.45) is 0 Å². The van der Waals surface area contributed by atoms with Crippen LogP contribution in [0.15, 0.2) is 12.1 Å². The van der Waals surface area contributed by atoms with Gasteiger partial charge in [-0.1, -0.05) is 6.92 Å². The molecule has 1 aromatic rings. The van der Waals surface area contributed by atoms with E-state index >= 15 is 0 Å². The van der Waals surface area contributed by atoms with Gasteiger partial charge in [-0.25, -0.2) is 4.39 Å². The number of hydrogen-bond donors (Lipinski definition) is 1. The van der Waals surface area contributed by atoms with Gasteiger partial charge >= 0.3 is 0 Å². The number of nitrogens with zero attached hydrogens (tertiary/aromatic N) is 2. The Morgan fingerprint density at radius 1 is 1.48 bits per heavy atom. The zero-order chi connectivity index (χ0) is 15.6. The number of anilines is 1. The number of halogens is 1. The Hall–Kier alpha value is -1.13. The number of likely N-dealkylation sites (N-methyl/N-ethyl adjacent to an activating group) is 2. The van der Waals surface area contributed by atoms with E-state index in [4.69, 9.17) is 0 Å². The molecule has 1 saturated heterocycles. The summed E-state index contributed by atoms with van der Waals surface area (Å²) in [7, 11) is 2.03. The Balaban J connectivity index is 2.22. The average Bonchev–Trinajstić information content (AvgIpc) is 2.88. The lowest BCUT2D eigenvalue weighted by atomic mass is 10.0. The molecule has 0 aromatic heterocycles. The third kappa shape index (κ3) is 3.55. The fourth-order valence-electron chi connectivity index (χ4n) is 3.28. The van der Waals surface area contributed by atoms with Gasteiger partial charge in [-0.05, 0) is 57.5 Å². The summed E-state index contributed by atoms with van der Waals surface area (Å²) in [5.41, 5.74) is 2.23. The molecule has 21 heavy (non-hydrogen) atoms. The van der Waals surface area contributed by atoms with Gasteiger partial charge in [0.1, 0.15) is 5.82 Å². The van der Waals surface area contributed by atoms with Crippen LogP contribution in [0, 0.1) is 12.7 Å². The van der Waals surface area contributed by atoms with Crippen LogP contribution in [0.4, 0.5) is 10.1 Å². The molecule has 0 bridgehead atoms. The maximum atomic E-state index is 13.8. The minimum Gasteiger partial charge on any atom is -0.389 e. The molecule has 1 fully saturated rings. The molecule has 1 aliphatic rings. The number of hydrogen-bond acceptors (Lipinski definition) is 3. The van der Waals surface area contributed by atoms with Crippen LogP contribution >= 0.6 is 0 Å². The Bertz CT molecular complexity index is 490. The lowest BCUT2D eigenvalue weighted by Gasteiger charge is -2.31. The van der Waals surface area contributed by atoms with Gasteiger partial charge in [0.15, 0.2) is 0 Å². The number of rotatable bonds is 5. The van der Waals surface area contributed by atoms with Crippen LogP contribution in [0.5, 0.6) is 0 Å². The molecule has 0 radical (unpaired) electrons. The van der Waals surface area contributed by atoms with Crippen molar-refractivity contribution in [1.29, 1.82) is 0 Å². The predicted molar refractivity (Wildman–Crippen MR) is 85.3 cm³/mol. The number of aryl methyl sites for hydroxylation is 1. The van der Waals surface area contributed by atoms with Gasteiger partial charge < -0.3 is 10.0 Å². The summed E-state index contributed by atoms with van der Waals surface area (Å²) < 4.78 is 13.8. The highest BCUT2D eigenvalue weighted by molar-refractivity contribution is 5.56. The van der Waals surface area contributed by atoms with E-state index < -0.39 is 6.10 Å². The van der Waals surface area contributed by atoms with Crippen LogP contribution in [-0.2, 0) is 0 Å². The van der Waals surface area contributed by atoms with E-state index in [1.807, 2.05) is 13.1 Å². The minimum atomic E-state index is -0.664. The quantitative estimate of drug-likeness (QED) is 0.904. The smallest absolute Gasteiger partial charge is 0.126 e. The summed E-state index contributed by atoms with van der Waals surface area (Å²) in [5.74, 6) is -0.251. The van der Waals surface area contributed by atoms with Crippen molar-refractivity contribution in [1.82, 2.24) is 4.90 Å². The van der Waals surface area contributed by atoms with Crippen molar-refractivity contribution in [2.75, 3.05) is 31.6 Å². The number of aliphatic hydroxyl groups excluding tert-OH is 1. The second-order valence-electron chi connectivity index (χ2n) is 6.14. The minimum absolute atomic E-state index is 0.251. The Kier molecular flexibility index (Phi) is 5.22. The Labute approximate surface area is 127 Å². The first-order valence-corrected chi connectivity index (χ1v) is 7.87. The van der Waals surface area contributed by atoms with Gasteiger partial charge in [0, 0.05) is 30.9 Å². The summed E-state index contributed by atoms with van der Waals surface area (Å²) in [4.78, 5) is 4.65. The molecule has 0 spiro atoms. The van der Waals surface area contributed by atoms with Gasteiger partial charge in [-0.2, -0.15) is 0 Å². The maximum absolute atomic E-state index is 13.8. The van der Waals surface area contributed by atoms with E-state index in [0.717, 1.165) is 18.8 Å². The molecular weight excluding hydrogens is 267 g/mol. The standard InChI is InChI=1S/C17H27FN2O/c1-5-20-8-6-7-14(20)11-19(4)17-9-12(2)16(18)10-15(17)13(3)21/h9-10,13-14,21H,5-8,11H2,1-4H3/t13-,14?/m0/s1. The maximum Gasteiger partial charge on any atom is 0.126 e. The number of aliphatic hydroxyl groups is 1. The van der Waals surface area contributed by atoms with Gasteiger partial charge in [-0.15, -0.1) is 0 Å². The molecular formula is C17H27FN2O. The molecule has 2 rings (SSSR count). The van der Waals surface area contributed by atoms with Crippen molar-refractivity contribution in [2.45, 2.75) is 45.8 Å². The molecule has 118 valence electrons. The topological polar surface area (TPSA) is 26.7 Å². The first-order chi connectivity index (χ1) is 9.93. The second-order valence-corrected chi connectivity index (χ2v) is 6.14. The molecule has 1 aromatic carbocycles. The van der Waals surface area contributed by atoms with E-state index in [2.05, 4.69) is 16.7 Å². The average molecular weight is 294 g/mol. The fraction of sp³-hybridized carbons (Fsp3) is 0.647. The highest BCUT2D eigenvalue weighted by Crippen LogP contribution is 2.30. The number of benzene rings is 1. The lowest BCUT2D eigenvalue weighted by Crippen LogP contribution is -2.39. The Morgan fingerprint density at radius 2 is 2.19 bits per heavy atom. The highest BCUT2D eigenvalue weighted by atomic mass is 19.1. The molecule has 4 heteroatoms. The van der Waals surface area contributed by atoms with Crippen molar-refractivity contribution < 1.29 is 9.50 Å². The lowest BCUT2D eigenvalue weighted by molar-refractivity contribution is 0.199.